The lowest BCUT2D eigenvalue weighted by Gasteiger charge is -2.26. The molecule has 0 spiro atoms. The Morgan fingerprint density at radius 2 is 2.05 bits per heavy atom. The number of hydrogen-bond acceptors (Lipinski definition) is 3. The van der Waals surface area contributed by atoms with Crippen LogP contribution in [0.5, 0.6) is 0 Å². The van der Waals surface area contributed by atoms with Crippen molar-refractivity contribution in [1.29, 1.82) is 0 Å². The molecule has 0 saturated heterocycles. The minimum atomic E-state index is -1.12. The molecule has 0 radical (unpaired) electrons. The van der Waals surface area contributed by atoms with Crippen LogP contribution in [0.4, 0.5) is 4.39 Å². The van der Waals surface area contributed by atoms with E-state index < -0.39 is 23.2 Å². The van der Waals surface area contributed by atoms with E-state index in [9.17, 15) is 14.0 Å². The summed E-state index contributed by atoms with van der Waals surface area (Å²) in [5, 5.41) is 2.58. The van der Waals surface area contributed by atoms with Crippen molar-refractivity contribution in [3.63, 3.8) is 0 Å². The van der Waals surface area contributed by atoms with Gasteiger partial charge in [0, 0.05) is 5.56 Å². The zero-order valence-electron chi connectivity index (χ0n) is 11.5. The third-order valence-electron chi connectivity index (χ3n) is 3.17. The number of esters is 1. The first-order valence-corrected chi connectivity index (χ1v) is 6.01. The quantitative estimate of drug-likeness (QED) is 0.851. The lowest BCUT2D eigenvalue weighted by atomic mass is 9.98. The predicted molar refractivity (Wildman–Crippen MR) is 69.3 cm³/mol. The highest BCUT2D eigenvalue weighted by molar-refractivity contribution is 5.98. The van der Waals surface area contributed by atoms with Gasteiger partial charge in [0.05, 0.1) is 7.11 Å². The summed E-state index contributed by atoms with van der Waals surface area (Å²) in [7, 11) is 1.26. The lowest BCUT2D eigenvalue weighted by molar-refractivity contribution is -0.147. The fourth-order valence-corrected chi connectivity index (χ4v) is 1.57. The number of nitrogens with one attached hydrogen (secondary N) is 1. The summed E-state index contributed by atoms with van der Waals surface area (Å²) in [5.41, 5.74) is -0.484. The van der Waals surface area contributed by atoms with E-state index in [-0.39, 0.29) is 5.56 Å². The van der Waals surface area contributed by atoms with Gasteiger partial charge in [0.2, 0.25) is 0 Å². The summed E-state index contributed by atoms with van der Waals surface area (Å²) in [6, 6.07) is 4.19. The van der Waals surface area contributed by atoms with E-state index in [2.05, 4.69) is 10.1 Å². The lowest BCUT2D eigenvalue weighted by Crippen LogP contribution is -2.52. The molecule has 104 valence electrons. The van der Waals surface area contributed by atoms with Crippen molar-refractivity contribution in [3.05, 3.63) is 35.1 Å². The molecule has 1 rings (SSSR count). The molecule has 0 aliphatic carbocycles. The van der Waals surface area contributed by atoms with Gasteiger partial charge in [-0.1, -0.05) is 13.0 Å². The zero-order chi connectivity index (χ0) is 14.6. The highest BCUT2D eigenvalue weighted by atomic mass is 19.1. The first-order chi connectivity index (χ1) is 8.84. The average Bonchev–Trinajstić information content (AvgIpc) is 2.40. The Hall–Kier alpha value is -1.91. The summed E-state index contributed by atoms with van der Waals surface area (Å²) < 4.78 is 18.1. The van der Waals surface area contributed by atoms with Crippen LogP contribution in [-0.4, -0.2) is 24.5 Å². The summed E-state index contributed by atoms with van der Waals surface area (Å²) in [5.74, 6) is -1.49. The van der Waals surface area contributed by atoms with Crippen LogP contribution in [0.15, 0.2) is 18.2 Å². The Bertz CT molecular complexity index is 501. The molecule has 1 aromatic rings. The number of methoxy groups -OCH3 is 1. The molecule has 4 nitrogen and oxygen atoms in total. The van der Waals surface area contributed by atoms with Crippen molar-refractivity contribution in [1.82, 2.24) is 5.32 Å². The topological polar surface area (TPSA) is 55.4 Å². The van der Waals surface area contributed by atoms with E-state index in [4.69, 9.17) is 0 Å². The normalized spacial score (nSPS) is 13.5. The summed E-state index contributed by atoms with van der Waals surface area (Å²) in [6.07, 6.45) is 0.375. The maximum atomic E-state index is 13.4. The maximum Gasteiger partial charge on any atom is 0.331 e. The monoisotopic (exact) mass is 267 g/mol. The van der Waals surface area contributed by atoms with E-state index in [0.29, 0.717) is 12.0 Å². The summed E-state index contributed by atoms with van der Waals surface area (Å²) in [6.45, 7) is 4.94. The van der Waals surface area contributed by atoms with Crippen molar-refractivity contribution in [3.8, 4) is 0 Å². The van der Waals surface area contributed by atoms with Crippen molar-refractivity contribution in [2.75, 3.05) is 7.11 Å². The standard InChI is InChI=1S/C14H18FNO3/c1-5-14(3,13(18)19-4)16-12(17)10-7-6-9(2)11(15)8-10/h6-8H,5H2,1-4H3,(H,16,17)/t14-/m1/s1. The van der Waals surface area contributed by atoms with E-state index in [1.165, 1.54) is 19.2 Å². The number of ether oxygens (including phenoxy) is 1. The molecule has 0 aromatic heterocycles. The van der Waals surface area contributed by atoms with Gasteiger partial charge in [-0.05, 0) is 38.0 Å². The molecule has 0 bridgehead atoms. The molecule has 0 aliphatic heterocycles. The fraction of sp³-hybridized carbons (Fsp3) is 0.429. The molecule has 19 heavy (non-hydrogen) atoms. The van der Waals surface area contributed by atoms with E-state index in [1.807, 2.05) is 0 Å². The Morgan fingerprint density at radius 3 is 2.53 bits per heavy atom. The first kappa shape index (κ1) is 15.1. The number of carbonyl (C=O) groups is 2. The number of hydrogen-bond donors (Lipinski definition) is 1. The highest BCUT2D eigenvalue weighted by Crippen LogP contribution is 2.14. The third kappa shape index (κ3) is 3.30. The Kier molecular flexibility index (Phi) is 4.64. The predicted octanol–water partition coefficient (Wildman–Crippen LogP) is 2.21. The Balaban J connectivity index is 2.94. The smallest absolute Gasteiger partial charge is 0.331 e. The fourth-order valence-electron chi connectivity index (χ4n) is 1.57. The maximum absolute atomic E-state index is 13.4. The van der Waals surface area contributed by atoms with Crippen molar-refractivity contribution in [2.24, 2.45) is 0 Å². The molecule has 0 unspecified atom stereocenters. The number of carbonyl (C=O) groups excluding carboxylic acids is 2. The van der Waals surface area contributed by atoms with Crippen molar-refractivity contribution >= 4 is 11.9 Å². The van der Waals surface area contributed by atoms with Crippen LogP contribution in [-0.2, 0) is 9.53 Å². The SMILES string of the molecule is CC[C@@](C)(NC(=O)c1ccc(C)c(F)c1)C(=O)OC. The second-order valence-electron chi connectivity index (χ2n) is 4.60. The average molecular weight is 267 g/mol. The van der Waals surface area contributed by atoms with Gasteiger partial charge in [-0.2, -0.15) is 0 Å². The molecule has 1 atom stereocenters. The largest absolute Gasteiger partial charge is 0.467 e. The van der Waals surface area contributed by atoms with Crippen LogP contribution in [0, 0.1) is 12.7 Å². The first-order valence-electron chi connectivity index (χ1n) is 6.01. The molecule has 0 fully saturated rings. The zero-order valence-corrected chi connectivity index (χ0v) is 11.5. The molecular weight excluding hydrogens is 249 g/mol. The second-order valence-corrected chi connectivity index (χ2v) is 4.60. The summed E-state index contributed by atoms with van der Waals surface area (Å²) >= 11 is 0. The Labute approximate surface area is 112 Å². The van der Waals surface area contributed by atoms with Crippen LogP contribution >= 0.6 is 0 Å². The number of benzene rings is 1. The molecule has 5 heteroatoms. The van der Waals surface area contributed by atoms with E-state index in [0.717, 1.165) is 6.07 Å². The van der Waals surface area contributed by atoms with Gasteiger partial charge in [-0.25, -0.2) is 9.18 Å². The number of rotatable bonds is 4. The van der Waals surface area contributed by atoms with E-state index in [1.54, 1.807) is 20.8 Å². The molecular formula is C14H18FNO3. The number of halogens is 1. The second kappa shape index (κ2) is 5.82. The van der Waals surface area contributed by atoms with Gasteiger partial charge < -0.3 is 10.1 Å². The van der Waals surface area contributed by atoms with Crippen molar-refractivity contribution in [2.45, 2.75) is 32.7 Å². The van der Waals surface area contributed by atoms with E-state index >= 15 is 0 Å². The van der Waals surface area contributed by atoms with Gasteiger partial charge in [0.25, 0.3) is 5.91 Å². The molecule has 1 aromatic carbocycles. The van der Waals surface area contributed by atoms with Crippen LogP contribution in [0.2, 0.25) is 0 Å². The molecule has 0 heterocycles. The van der Waals surface area contributed by atoms with Gasteiger partial charge in [0.15, 0.2) is 0 Å². The van der Waals surface area contributed by atoms with Crippen LogP contribution in [0.25, 0.3) is 0 Å². The molecule has 1 N–H and O–H groups in total. The molecule has 0 saturated carbocycles. The third-order valence-corrected chi connectivity index (χ3v) is 3.17. The summed E-state index contributed by atoms with van der Waals surface area (Å²) in [4.78, 5) is 23.7. The van der Waals surface area contributed by atoms with Gasteiger partial charge in [-0.15, -0.1) is 0 Å². The molecule has 1 amide bonds. The minimum Gasteiger partial charge on any atom is -0.467 e. The highest BCUT2D eigenvalue weighted by Gasteiger charge is 2.34. The van der Waals surface area contributed by atoms with Crippen LogP contribution in [0.3, 0.4) is 0 Å². The van der Waals surface area contributed by atoms with Crippen molar-refractivity contribution < 1.29 is 18.7 Å². The van der Waals surface area contributed by atoms with Crippen LogP contribution < -0.4 is 5.32 Å². The minimum absolute atomic E-state index is 0.173. The van der Waals surface area contributed by atoms with Gasteiger partial charge >= 0.3 is 5.97 Å². The Morgan fingerprint density at radius 1 is 1.42 bits per heavy atom. The number of aryl methyl sites for hydroxylation is 1. The van der Waals surface area contributed by atoms with Gasteiger partial charge in [-0.3, -0.25) is 4.79 Å². The van der Waals surface area contributed by atoms with Crippen LogP contribution in [0.1, 0.15) is 36.2 Å². The number of amides is 1. The molecule has 0 aliphatic rings. The van der Waals surface area contributed by atoms with Gasteiger partial charge in [0.1, 0.15) is 11.4 Å².